The summed E-state index contributed by atoms with van der Waals surface area (Å²) < 4.78 is 11.0. The van der Waals surface area contributed by atoms with Crippen molar-refractivity contribution in [2.24, 2.45) is 0 Å². The summed E-state index contributed by atoms with van der Waals surface area (Å²) in [7, 11) is 0. The Morgan fingerprint density at radius 2 is 2.07 bits per heavy atom. The zero-order valence-electron chi connectivity index (χ0n) is 8.30. The third-order valence-electron chi connectivity index (χ3n) is 2.40. The molecule has 1 saturated heterocycles. The van der Waals surface area contributed by atoms with Crippen LogP contribution >= 0.6 is 0 Å². The Bertz CT molecular complexity index is 251. The van der Waals surface area contributed by atoms with Crippen molar-refractivity contribution in [1.82, 2.24) is 0 Å². The van der Waals surface area contributed by atoms with E-state index in [1.807, 2.05) is 0 Å². The van der Waals surface area contributed by atoms with E-state index in [0.717, 1.165) is 0 Å². The van der Waals surface area contributed by atoms with Gasteiger partial charge in [-0.1, -0.05) is 0 Å². The quantitative estimate of drug-likeness (QED) is 0.651. The van der Waals surface area contributed by atoms with Gasteiger partial charge in [-0.25, -0.2) is 0 Å². The molecule has 2 rings (SSSR count). The van der Waals surface area contributed by atoms with Crippen molar-refractivity contribution in [2.75, 3.05) is 6.61 Å². The summed E-state index contributed by atoms with van der Waals surface area (Å²) >= 11 is 0. The van der Waals surface area contributed by atoms with Gasteiger partial charge in [-0.05, 0) is 25.5 Å². The molecule has 1 fully saturated rings. The average molecular weight is 275 g/mol. The Kier molecular flexibility index (Phi) is 3.90. The third kappa shape index (κ3) is 2.10. The molecule has 1 radical (unpaired) electrons. The normalized spacial score (nSPS) is 38.9. The number of hydrogen-bond donors (Lipinski definition) is 2. The van der Waals surface area contributed by atoms with Gasteiger partial charge in [0.05, 0.1) is 6.61 Å². The van der Waals surface area contributed by atoms with Gasteiger partial charge >= 0.3 is 0 Å². The molecule has 0 bridgehead atoms. The Balaban J connectivity index is 0.000000980. The molecule has 2 aliphatic rings. The third-order valence-corrected chi connectivity index (χ3v) is 2.40. The molecule has 77 valence electrons. The van der Waals surface area contributed by atoms with E-state index in [1.165, 1.54) is 0 Å². The Hall–Kier alpha value is 0.684. The van der Waals surface area contributed by atoms with E-state index < -0.39 is 11.9 Å². The molecule has 0 spiro atoms. The van der Waals surface area contributed by atoms with Crippen molar-refractivity contribution < 1.29 is 52.4 Å². The minimum absolute atomic E-state index is 0. The first-order chi connectivity index (χ1) is 6.03. The molecule has 0 aromatic rings. The second kappa shape index (κ2) is 4.28. The fourth-order valence-corrected chi connectivity index (χ4v) is 1.88. The van der Waals surface area contributed by atoms with Gasteiger partial charge in [-0.15, -0.1) is 0 Å². The number of fused-ring (bicyclic) bond motifs is 1. The van der Waals surface area contributed by atoms with Crippen LogP contribution < -0.4 is 0 Å². The molecule has 4 nitrogen and oxygen atoms in total. The number of aliphatic hydroxyl groups is 2. The summed E-state index contributed by atoms with van der Waals surface area (Å²) in [4.78, 5) is 0. The molecule has 1 heterocycles. The molecule has 0 aromatic heterocycles. The van der Waals surface area contributed by atoms with Gasteiger partial charge in [0.2, 0.25) is 0 Å². The van der Waals surface area contributed by atoms with Crippen molar-refractivity contribution in [1.29, 1.82) is 0 Å². The topological polar surface area (TPSA) is 58.9 Å². The predicted molar refractivity (Wildman–Crippen MR) is 45.0 cm³/mol. The summed E-state index contributed by atoms with van der Waals surface area (Å²) in [6, 6.07) is 0. The van der Waals surface area contributed by atoms with E-state index in [9.17, 15) is 5.11 Å². The molecule has 1 aliphatic heterocycles. The zero-order valence-corrected chi connectivity index (χ0v) is 11.1. The molecule has 1 aliphatic carbocycles. The van der Waals surface area contributed by atoms with Gasteiger partial charge in [0, 0.05) is 32.7 Å². The summed E-state index contributed by atoms with van der Waals surface area (Å²) in [6.45, 7) is 3.51. The molecule has 5 heteroatoms. The van der Waals surface area contributed by atoms with Crippen LogP contribution in [0.25, 0.3) is 0 Å². The zero-order chi connectivity index (χ0) is 9.64. The van der Waals surface area contributed by atoms with Crippen LogP contribution in [0, 0.1) is 0 Å². The monoisotopic (exact) mass is 275 g/mol. The Morgan fingerprint density at radius 3 is 2.64 bits per heavy atom. The van der Waals surface area contributed by atoms with Crippen LogP contribution in [0.2, 0.25) is 0 Å². The van der Waals surface area contributed by atoms with Gasteiger partial charge in [0.15, 0.2) is 5.79 Å². The number of rotatable bonds is 1. The van der Waals surface area contributed by atoms with Crippen molar-refractivity contribution >= 4 is 0 Å². The van der Waals surface area contributed by atoms with Gasteiger partial charge in [0.25, 0.3) is 0 Å². The summed E-state index contributed by atoms with van der Waals surface area (Å²) in [5.74, 6) is -0.662. The summed E-state index contributed by atoms with van der Waals surface area (Å²) in [5.41, 5.74) is 0.711. The molecule has 0 aromatic carbocycles. The van der Waals surface area contributed by atoms with Crippen LogP contribution in [0.1, 0.15) is 13.8 Å². The minimum Gasteiger partial charge on any atom is -0.392 e. The second-order valence-electron chi connectivity index (χ2n) is 3.91. The van der Waals surface area contributed by atoms with Gasteiger partial charge in [0.1, 0.15) is 18.3 Å². The van der Waals surface area contributed by atoms with Crippen LogP contribution in [0.15, 0.2) is 11.6 Å². The molecule has 14 heavy (non-hydrogen) atoms. The maximum Gasteiger partial charge on any atom is 0.164 e. The fourth-order valence-electron chi connectivity index (χ4n) is 1.88. The van der Waals surface area contributed by atoms with Crippen molar-refractivity contribution in [3.63, 3.8) is 0 Å². The standard InChI is InChI=1S/C9H14O4.Y/c1-9(2)12-7-5(4-10)3-6(11)8(7)13-9;/h3,6-8,10-11H,4H2,1-2H3;/t6-,7-,8?;/m0./s1. The van der Waals surface area contributed by atoms with Gasteiger partial charge in [-0.3, -0.25) is 0 Å². The Labute approximate surface area is 108 Å². The molecule has 3 atom stereocenters. The van der Waals surface area contributed by atoms with Crippen LogP contribution in [0.5, 0.6) is 0 Å². The van der Waals surface area contributed by atoms with Gasteiger partial charge < -0.3 is 19.7 Å². The number of aliphatic hydroxyl groups excluding tert-OH is 2. The van der Waals surface area contributed by atoms with E-state index in [1.54, 1.807) is 19.9 Å². The first kappa shape index (κ1) is 12.8. The van der Waals surface area contributed by atoms with E-state index >= 15 is 0 Å². The maximum atomic E-state index is 9.54. The molecule has 0 saturated carbocycles. The minimum atomic E-state index is -0.662. The van der Waals surface area contributed by atoms with E-state index in [-0.39, 0.29) is 51.5 Å². The number of ether oxygens (including phenoxy) is 2. The van der Waals surface area contributed by atoms with Crippen molar-refractivity contribution in [3.8, 4) is 0 Å². The Morgan fingerprint density at radius 1 is 1.43 bits per heavy atom. The number of hydrogen-bond acceptors (Lipinski definition) is 4. The summed E-state index contributed by atoms with van der Waals surface area (Å²) in [5, 5.41) is 18.5. The molecule has 1 unspecified atom stereocenters. The SMILES string of the molecule is CC1(C)OC2[C@@H](O)C=C(CO)[C@@H]2O1.[Y]. The smallest absolute Gasteiger partial charge is 0.164 e. The van der Waals surface area contributed by atoms with Crippen LogP contribution in [0.4, 0.5) is 0 Å². The van der Waals surface area contributed by atoms with Gasteiger partial charge in [-0.2, -0.15) is 0 Å². The first-order valence-electron chi connectivity index (χ1n) is 4.38. The second-order valence-corrected chi connectivity index (χ2v) is 3.91. The van der Waals surface area contributed by atoms with Crippen molar-refractivity contribution in [2.45, 2.75) is 37.9 Å². The average Bonchev–Trinajstić information content (AvgIpc) is 2.47. The first-order valence-corrected chi connectivity index (χ1v) is 4.38. The molecule has 0 amide bonds. The van der Waals surface area contributed by atoms with E-state index in [0.29, 0.717) is 5.57 Å². The largest absolute Gasteiger partial charge is 0.392 e. The molecule has 2 N–H and O–H groups in total. The summed E-state index contributed by atoms with van der Waals surface area (Å²) in [6.07, 6.45) is 0.311. The predicted octanol–water partition coefficient (Wildman–Crippen LogP) is -0.203. The fraction of sp³-hybridized carbons (Fsp3) is 0.778. The molecular weight excluding hydrogens is 261 g/mol. The van der Waals surface area contributed by atoms with E-state index in [2.05, 4.69) is 0 Å². The van der Waals surface area contributed by atoms with Crippen LogP contribution in [-0.4, -0.2) is 40.9 Å². The molecular formula is C9H14O4Y. The maximum absolute atomic E-state index is 9.54. The van der Waals surface area contributed by atoms with Crippen LogP contribution in [-0.2, 0) is 42.2 Å². The van der Waals surface area contributed by atoms with E-state index in [4.69, 9.17) is 14.6 Å². The van der Waals surface area contributed by atoms with Crippen molar-refractivity contribution in [3.05, 3.63) is 11.6 Å². The van der Waals surface area contributed by atoms with Crippen LogP contribution in [0.3, 0.4) is 0 Å².